The largest absolute Gasteiger partial charge is 0.494 e. The molecule has 0 unspecified atom stereocenters. The number of rotatable bonds is 4. The van der Waals surface area contributed by atoms with Crippen molar-refractivity contribution < 1.29 is 13.9 Å². The van der Waals surface area contributed by atoms with E-state index in [-0.39, 0.29) is 11.6 Å². The van der Waals surface area contributed by atoms with Crippen LogP contribution in [0.25, 0.3) is 10.1 Å². The van der Waals surface area contributed by atoms with E-state index in [0.29, 0.717) is 17.0 Å². The smallest absolute Gasteiger partial charge is 0.202 e. The Morgan fingerprint density at radius 3 is 2.62 bits per heavy atom. The third-order valence-electron chi connectivity index (χ3n) is 3.13. The average Bonchev–Trinajstić information content (AvgIpc) is 2.90. The Balaban J connectivity index is 1.92. The van der Waals surface area contributed by atoms with E-state index in [9.17, 15) is 9.18 Å². The molecule has 2 nitrogen and oxygen atoms in total. The van der Waals surface area contributed by atoms with Crippen LogP contribution >= 0.6 is 11.3 Å². The maximum absolute atomic E-state index is 13.2. The predicted octanol–water partition coefficient (Wildman–Crippen LogP) is 4.67. The van der Waals surface area contributed by atoms with E-state index >= 15 is 0 Å². The van der Waals surface area contributed by atoms with Gasteiger partial charge in [0.05, 0.1) is 11.5 Å². The molecule has 0 fully saturated rings. The van der Waals surface area contributed by atoms with Crippen molar-refractivity contribution in [2.24, 2.45) is 0 Å². The molecule has 0 saturated heterocycles. The van der Waals surface area contributed by atoms with E-state index in [2.05, 4.69) is 0 Å². The van der Waals surface area contributed by atoms with Crippen LogP contribution in [0, 0.1) is 5.82 Å². The second-order valence-corrected chi connectivity index (χ2v) is 5.66. The van der Waals surface area contributed by atoms with Crippen LogP contribution in [-0.4, -0.2) is 12.4 Å². The quantitative estimate of drug-likeness (QED) is 0.654. The topological polar surface area (TPSA) is 26.3 Å². The van der Waals surface area contributed by atoms with Crippen LogP contribution < -0.4 is 4.74 Å². The Labute approximate surface area is 125 Å². The minimum atomic E-state index is -0.291. The molecule has 4 heteroatoms. The first-order chi connectivity index (χ1) is 10.2. The van der Waals surface area contributed by atoms with Crippen LogP contribution in [0.4, 0.5) is 4.39 Å². The second kappa shape index (κ2) is 5.66. The number of ketones is 1. The van der Waals surface area contributed by atoms with E-state index in [0.717, 1.165) is 15.8 Å². The van der Waals surface area contributed by atoms with Crippen molar-refractivity contribution in [2.75, 3.05) is 6.61 Å². The first-order valence-electron chi connectivity index (χ1n) is 6.64. The summed E-state index contributed by atoms with van der Waals surface area (Å²) in [7, 11) is 0. The Morgan fingerprint density at radius 1 is 1.14 bits per heavy atom. The number of fused-ring (bicyclic) bond motifs is 1. The molecule has 0 amide bonds. The maximum Gasteiger partial charge on any atom is 0.202 e. The number of halogens is 1. The molecule has 3 rings (SSSR count). The summed E-state index contributed by atoms with van der Waals surface area (Å²) in [4.78, 5) is 13.1. The zero-order chi connectivity index (χ0) is 14.8. The van der Waals surface area contributed by atoms with Crippen LogP contribution in [0.15, 0.2) is 48.5 Å². The second-order valence-electron chi connectivity index (χ2n) is 4.58. The number of thiophene rings is 1. The number of hydrogen-bond acceptors (Lipinski definition) is 3. The van der Waals surface area contributed by atoms with Crippen LogP contribution in [0.2, 0.25) is 0 Å². The van der Waals surface area contributed by atoms with E-state index < -0.39 is 0 Å². The van der Waals surface area contributed by atoms with Gasteiger partial charge in [-0.2, -0.15) is 0 Å². The lowest BCUT2D eigenvalue weighted by Gasteiger charge is -2.03. The number of hydrogen-bond donors (Lipinski definition) is 0. The highest BCUT2D eigenvalue weighted by atomic mass is 32.1. The minimum Gasteiger partial charge on any atom is -0.494 e. The third kappa shape index (κ3) is 2.81. The highest BCUT2D eigenvalue weighted by molar-refractivity contribution is 7.21. The molecule has 0 aliphatic rings. The van der Waals surface area contributed by atoms with Gasteiger partial charge in [0.25, 0.3) is 0 Å². The van der Waals surface area contributed by atoms with Crippen LogP contribution in [0.3, 0.4) is 0 Å². The summed E-state index contributed by atoms with van der Waals surface area (Å²) in [5, 5.41) is 0.759. The molecule has 1 aromatic heterocycles. The normalized spacial score (nSPS) is 10.8. The summed E-state index contributed by atoms with van der Waals surface area (Å²) in [6.07, 6.45) is 0. The monoisotopic (exact) mass is 300 g/mol. The SMILES string of the molecule is CCOc1ccc(C(=O)c2cc3cc(F)ccc3s2)cc1. The lowest BCUT2D eigenvalue weighted by Crippen LogP contribution is -1.98. The maximum atomic E-state index is 13.2. The molecular weight excluding hydrogens is 287 g/mol. The van der Waals surface area contributed by atoms with Gasteiger partial charge in [-0.25, -0.2) is 4.39 Å². The van der Waals surface area contributed by atoms with Crippen molar-refractivity contribution in [1.29, 1.82) is 0 Å². The summed E-state index contributed by atoms with van der Waals surface area (Å²) in [6, 6.07) is 13.3. The van der Waals surface area contributed by atoms with E-state index in [1.54, 1.807) is 36.4 Å². The van der Waals surface area contributed by atoms with Gasteiger partial charge in [-0.1, -0.05) is 0 Å². The molecule has 2 aromatic carbocycles. The fourth-order valence-electron chi connectivity index (χ4n) is 2.14. The fraction of sp³-hybridized carbons (Fsp3) is 0.118. The molecule has 106 valence electrons. The highest BCUT2D eigenvalue weighted by Gasteiger charge is 2.13. The first kappa shape index (κ1) is 13.8. The van der Waals surface area contributed by atoms with Crippen molar-refractivity contribution in [1.82, 2.24) is 0 Å². The fourth-order valence-corrected chi connectivity index (χ4v) is 3.14. The lowest BCUT2D eigenvalue weighted by molar-refractivity contribution is 0.104. The summed E-state index contributed by atoms with van der Waals surface area (Å²) in [5.41, 5.74) is 0.602. The molecule has 0 radical (unpaired) electrons. The number of benzene rings is 2. The number of carbonyl (C=O) groups excluding carboxylic acids is 1. The Kier molecular flexibility index (Phi) is 3.71. The van der Waals surface area contributed by atoms with Gasteiger partial charge >= 0.3 is 0 Å². The van der Waals surface area contributed by atoms with Crippen LogP contribution in [0.5, 0.6) is 5.75 Å². The van der Waals surface area contributed by atoms with Crippen LogP contribution in [-0.2, 0) is 0 Å². The van der Waals surface area contributed by atoms with Crippen molar-refractivity contribution >= 4 is 27.2 Å². The molecular formula is C17H13FO2S. The van der Waals surface area contributed by atoms with E-state index in [1.807, 2.05) is 6.92 Å². The van der Waals surface area contributed by atoms with Crippen molar-refractivity contribution in [3.05, 3.63) is 64.8 Å². The first-order valence-corrected chi connectivity index (χ1v) is 7.45. The predicted molar refractivity (Wildman–Crippen MR) is 82.8 cm³/mol. The van der Waals surface area contributed by atoms with Gasteiger partial charge in [-0.05, 0) is 60.8 Å². The summed E-state index contributed by atoms with van der Waals surface area (Å²) in [5.74, 6) is 0.396. The zero-order valence-electron chi connectivity index (χ0n) is 11.4. The van der Waals surface area contributed by atoms with E-state index in [1.165, 1.54) is 23.5 Å². The molecule has 3 aromatic rings. The Hall–Kier alpha value is -2.20. The molecule has 21 heavy (non-hydrogen) atoms. The highest BCUT2D eigenvalue weighted by Crippen LogP contribution is 2.28. The van der Waals surface area contributed by atoms with Crippen LogP contribution in [0.1, 0.15) is 22.2 Å². The lowest BCUT2D eigenvalue weighted by atomic mass is 10.1. The van der Waals surface area contributed by atoms with Gasteiger partial charge in [0.2, 0.25) is 5.78 Å². The molecule has 0 saturated carbocycles. The van der Waals surface area contributed by atoms with Crippen molar-refractivity contribution in [3.8, 4) is 5.75 Å². The third-order valence-corrected chi connectivity index (χ3v) is 4.24. The van der Waals surface area contributed by atoms with Crippen molar-refractivity contribution in [2.45, 2.75) is 6.92 Å². The molecule has 1 heterocycles. The summed E-state index contributed by atoms with van der Waals surface area (Å²) < 4.78 is 19.5. The average molecular weight is 300 g/mol. The molecule has 0 spiro atoms. The molecule has 0 atom stereocenters. The van der Waals surface area contributed by atoms with Gasteiger partial charge in [0.15, 0.2) is 0 Å². The van der Waals surface area contributed by atoms with Gasteiger partial charge in [-0.15, -0.1) is 11.3 Å². The van der Waals surface area contributed by atoms with Gasteiger partial charge < -0.3 is 4.74 Å². The minimum absolute atomic E-state index is 0.0559. The number of carbonyl (C=O) groups is 1. The standard InChI is InChI=1S/C17H13FO2S/c1-2-20-14-6-3-11(4-7-14)17(19)16-10-12-9-13(18)5-8-15(12)21-16/h3-10H,2H2,1H3. The van der Waals surface area contributed by atoms with Gasteiger partial charge in [-0.3, -0.25) is 4.79 Å². The molecule has 0 N–H and O–H groups in total. The molecule has 0 aliphatic heterocycles. The zero-order valence-corrected chi connectivity index (χ0v) is 12.2. The van der Waals surface area contributed by atoms with Gasteiger partial charge in [0, 0.05) is 10.3 Å². The Bertz CT molecular complexity index is 790. The number of ether oxygens (including phenoxy) is 1. The Morgan fingerprint density at radius 2 is 1.90 bits per heavy atom. The van der Waals surface area contributed by atoms with E-state index in [4.69, 9.17) is 4.74 Å². The molecule has 0 bridgehead atoms. The summed E-state index contributed by atoms with van der Waals surface area (Å²) in [6.45, 7) is 2.50. The summed E-state index contributed by atoms with van der Waals surface area (Å²) >= 11 is 1.38. The molecule has 0 aliphatic carbocycles. The van der Waals surface area contributed by atoms with Crippen molar-refractivity contribution in [3.63, 3.8) is 0 Å². The van der Waals surface area contributed by atoms with Gasteiger partial charge in [0.1, 0.15) is 11.6 Å².